The van der Waals surface area contributed by atoms with E-state index in [1.54, 1.807) is 13.3 Å². The quantitative estimate of drug-likeness (QED) is 0.868. The van der Waals surface area contributed by atoms with Crippen molar-refractivity contribution in [3.05, 3.63) is 48.5 Å². The zero-order valence-corrected chi connectivity index (χ0v) is 14.0. The predicted octanol–water partition coefficient (Wildman–Crippen LogP) is 2.86. The molecule has 1 aliphatic carbocycles. The van der Waals surface area contributed by atoms with Gasteiger partial charge in [-0.2, -0.15) is 0 Å². The summed E-state index contributed by atoms with van der Waals surface area (Å²) >= 11 is 0. The van der Waals surface area contributed by atoms with Gasteiger partial charge in [0.25, 0.3) is 0 Å². The molecule has 2 fully saturated rings. The molecule has 1 saturated carbocycles. The Balaban J connectivity index is 1.39. The fourth-order valence-electron chi connectivity index (χ4n) is 3.81. The fraction of sp³-hybridized carbons (Fsp3) is 0.474. The van der Waals surface area contributed by atoms with Gasteiger partial charge in [0.15, 0.2) is 0 Å². The van der Waals surface area contributed by atoms with Crippen molar-refractivity contribution in [2.24, 2.45) is 5.92 Å². The average molecular weight is 325 g/mol. The van der Waals surface area contributed by atoms with E-state index in [-0.39, 0.29) is 5.92 Å². The van der Waals surface area contributed by atoms with Crippen LogP contribution >= 0.6 is 0 Å². The zero-order valence-electron chi connectivity index (χ0n) is 14.0. The maximum atomic E-state index is 12.9. The number of nitrogens with zero attached hydrogens (tertiary/aromatic N) is 3. The second-order valence-electron chi connectivity index (χ2n) is 6.81. The highest BCUT2D eigenvalue weighted by Gasteiger charge is 2.46. The van der Waals surface area contributed by atoms with E-state index in [0.717, 1.165) is 38.1 Å². The highest BCUT2D eigenvalue weighted by Crippen LogP contribution is 2.49. The summed E-state index contributed by atoms with van der Waals surface area (Å²) in [5.74, 6) is 1.71. The van der Waals surface area contributed by atoms with Gasteiger partial charge in [0.2, 0.25) is 5.91 Å². The number of hydrogen-bond acceptors (Lipinski definition) is 3. The number of aromatic nitrogens is 2. The second-order valence-corrected chi connectivity index (χ2v) is 6.81. The van der Waals surface area contributed by atoms with Gasteiger partial charge in [-0.05, 0) is 42.9 Å². The van der Waals surface area contributed by atoms with Crippen molar-refractivity contribution in [1.82, 2.24) is 14.5 Å². The third-order valence-corrected chi connectivity index (χ3v) is 5.31. The Labute approximate surface area is 142 Å². The largest absolute Gasteiger partial charge is 0.497 e. The molecule has 1 amide bonds. The normalized spacial score (nSPS) is 26.2. The van der Waals surface area contributed by atoms with Gasteiger partial charge in [0, 0.05) is 31.4 Å². The zero-order chi connectivity index (χ0) is 16.5. The van der Waals surface area contributed by atoms with E-state index >= 15 is 0 Å². The molecule has 126 valence electrons. The number of benzene rings is 1. The van der Waals surface area contributed by atoms with Crippen LogP contribution in [-0.4, -0.2) is 40.6 Å². The van der Waals surface area contributed by atoms with Gasteiger partial charge in [0.1, 0.15) is 5.75 Å². The summed E-state index contributed by atoms with van der Waals surface area (Å²) in [6, 6.07) is 8.49. The monoisotopic (exact) mass is 325 g/mol. The van der Waals surface area contributed by atoms with Crippen LogP contribution in [0.2, 0.25) is 0 Å². The van der Waals surface area contributed by atoms with E-state index in [4.69, 9.17) is 4.74 Å². The molecule has 24 heavy (non-hydrogen) atoms. The predicted molar refractivity (Wildman–Crippen MR) is 90.9 cm³/mol. The first-order valence-electron chi connectivity index (χ1n) is 8.66. The smallest absolute Gasteiger partial charge is 0.226 e. The van der Waals surface area contributed by atoms with Crippen molar-refractivity contribution in [3.8, 4) is 5.75 Å². The van der Waals surface area contributed by atoms with Crippen LogP contribution in [0.3, 0.4) is 0 Å². The van der Waals surface area contributed by atoms with Crippen LogP contribution in [0.4, 0.5) is 0 Å². The van der Waals surface area contributed by atoms with Gasteiger partial charge < -0.3 is 14.2 Å². The summed E-state index contributed by atoms with van der Waals surface area (Å²) in [7, 11) is 1.67. The molecular formula is C19H23N3O2. The maximum Gasteiger partial charge on any atom is 0.226 e. The molecular weight excluding hydrogens is 302 g/mol. The Morgan fingerprint density at radius 3 is 2.83 bits per heavy atom. The summed E-state index contributed by atoms with van der Waals surface area (Å²) < 4.78 is 7.34. The summed E-state index contributed by atoms with van der Waals surface area (Å²) in [5, 5.41) is 0. The number of carbonyl (C=O) groups excluding carboxylic acids is 1. The minimum atomic E-state index is 0.153. The molecule has 0 unspecified atom stereocenters. The molecule has 4 rings (SSSR count). The van der Waals surface area contributed by atoms with Crippen molar-refractivity contribution in [1.29, 1.82) is 0 Å². The molecule has 5 heteroatoms. The van der Waals surface area contributed by atoms with Crippen LogP contribution in [0.25, 0.3) is 0 Å². The van der Waals surface area contributed by atoms with E-state index in [1.165, 1.54) is 5.56 Å². The number of methoxy groups -OCH3 is 1. The Bertz CT molecular complexity index is 696. The maximum absolute atomic E-state index is 12.9. The number of carbonyl (C=O) groups is 1. The van der Waals surface area contributed by atoms with Crippen LogP contribution in [0, 0.1) is 5.92 Å². The highest BCUT2D eigenvalue weighted by molar-refractivity contribution is 5.83. The number of piperidine rings is 1. The number of amides is 1. The molecule has 2 heterocycles. The molecule has 0 bridgehead atoms. The third kappa shape index (κ3) is 2.90. The van der Waals surface area contributed by atoms with Gasteiger partial charge in [-0.3, -0.25) is 4.79 Å². The van der Waals surface area contributed by atoms with E-state index in [1.807, 2.05) is 24.7 Å². The number of imidazole rings is 1. The highest BCUT2D eigenvalue weighted by atomic mass is 16.5. The molecule has 1 aromatic heterocycles. The Morgan fingerprint density at radius 2 is 2.12 bits per heavy atom. The number of ether oxygens (including phenoxy) is 1. The van der Waals surface area contributed by atoms with E-state index < -0.39 is 0 Å². The van der Waals surface area contributed by atoms with Crippen LogP contribution in [0.5, 0.6) is 5.75 Å². The van der Waals surface area contributed by atoms with Gasteiger partial charge in [0.05, 0.1) is 19.5 Å². The van der Waals surface area contributed by atoms with Gasteiger partial charge in [-0.1, -0.05) is 12.1 Å². The summed E-state index contributed by atoms with van der Waals surface area (Å²) in [5.41, 5.74) is 1.25. The van der Waals surface area contributed by atoms with Crippen molar-refractivity contribution >= 4 is 5.91 Å². The molecule has 1 saturated heterocycles. The summed E-state index contributed by atoms with van der Waals surface area (Å²) in [4.78, 5) is 19.0. The first kappa shape index (κ1) is 15.2. The van der Waals surface area contributed by atoms with Crippen molar-refractivity contribution < 1.29 is 9.53 Å². The summed E-state index contributed by atoms with van der Waals surface area (Å²) in [6.45, 7) is 1.69. The SMILES string of the molecule is COc1ccc([C@@H]2C[C@H]2C(=O)N2CCC[C@@H](n3ccnc3)C2)cc1. The number of hydrogen-bond donors (Lipinski definition) is 0. The molecule has 0 N–H and O–H groups in total. The Kier molecular flexibility index (Phi) is 4.00. The molecule has 5 nitrogen and oxygen atoms in total. The lowest BCUT2D eigenvalue weighted by Crippen LogP contribution is -2.41. The van der Waals surface area contributed by atoms with Gasteiger partial charge in [-0.15, -0.1) is 0 Å². The van der Waals surface area contributed by atoms with E-state index in [9.17, 15) is 4.79 Å². The lowest BCUT2D eigenvalue weighted by Gasteiger charge is -2.33. The Morgan fingerprint density at radius 1 is 1.29 bits per heavy atom. The molecule has 3 atom stereocenters. The number of rotatable bonds is 4. The first-order valence-corrected chi connectivity index (χ1v) is 8.66. The fourth-order valence-corrected chi connectivity index (χ4v) is 3.81. The third-order valence-electron chi connectivity index (χ3n) is 5.31. The summed E-state index contributed by atoms with van der Waals surface area (Å²) in [6.07, 6.45) is 8.81. The molecule has 1 aromatic carbocycles. The van der Waals surface area contributed by atoms with Crippen molar-refractivity contribution in [2.75, 3.05) is 20.2 Å². The van der Waals surface area contributed by atoms with Crippen LogP contribution in [0.1, 0.15) is 36.8 Å². The molecule has 0 radical (unpaired) electrons. The second kappa shape index (κ2) is 6.30. The van der Waals surface area contributed by atoms with Crippen LogP contribution in [-0.2, 0) is 4.79 Å². The van der Waals surface area contributed by atoms with Gasteiger partial charge >= 0.3 is 0 Å². The standard InChI is InChI=1S/C19H23N3O2/c1-24-16-6-4-14(5-7-16)17-11-18(17)19(23)21-9-2-3-15(12-21)22-10-8-20-13-22/h4-8,10,13,15,17-18H,2-3,9,11-12H2,1H3/t15-,17+,18-/m1/s1. The van der Waals surface area contributed by atoms with E-state index in [0.29, 0.717) is 17.9 Å². The lowest BCUT2D eigenvalue weighted by molar-refractivity contribution is -0.134. The lowest BCUT2D eigenvalue weighted by atomic mass is 10.0. The average Bonchev–Trinajstić information content (AvgIpc) is 3.25. The van der Waals surface area contributed by atoms with Gasteiger partial charge in [-0.25, -0.2) is 4.98 Å². The van der Waals surface area contributed by atoms with Crippen molar-refractivity contribution in [2.45, 2.75) is 31.2 Å². The minimum Gasteiger partial charge on any atom is -0.497 e. The molecule has 1 aliphatic heterocycles. The Hall–Kier alpha value is -2.30. The van der Waals surface area contributed by atoms with E-state index in [2.05, 4.69) is 26.6 Å². The van der Waals surface area contributed by atoms with Crippen LogP contribution < -0.4 is 4.74 Å². The minimum absolute atomic E-state index is 0.153. The first-order chi connectivity index (χ1) is 11.8. The topological polar surface area (TPSA) is 47.4 Å². The molecule has 2 aliphatic rings. The van der Waals surface area contributed by atoms with Crippen molar-refractivity contribution in [3.63, 3.8) is 0 Å². The number of likely N-dealkylation sites (tertiary alicyclic amines) is 1. The van der Waals surface area contributed by atoms with Crippen LogP contribution in [0.15, 0.2) is 43.0 Å². The molecule has 0 spiro atoms. The molecule has 2 aromatic rings.